The van der Waals surface area contributed by atoms with Gasteiger partial charge >= 0.3 is 6.09 Å². The maximum atomic E-state index is 12.3. The summed E-state index contributed by atoms with van der Waals surface area (Å²) in [4.78, 5) is 28.7. The third kappa shape index (κ3) is 6.79. The highest BCUT2D eigenvalue weighted by Crippen LogP contribution is 2.37. The van der Waals surface area contributed by atoms with E-state index in [2.05, 4.69) is 20.9 Å². The van der Waals surface area contributed by atoms with Gasteiger partial charge in [0.1, 0.15) is 12.4 Å². The predicted molar refractivity (Wildman–Crippen MR) is 145 cm³/mol. The number of amides is 2. The van der Waals surface area contributed by atoms with Gasteiger partial charge in [-0.25, -0.2) is 4.79 Å². The van der Waals surface area contributed by atoms with E-state index < -0.39 is 17.5 Å². The Kier molecular flexibility index (Phi) is 8.77. The molecule has 198 valence electrons. The molecule has 6 N–H and O–H groups in total. The van der Waals surface area contributed by atoms with Crippen LogP contribution < -0.4 is 26.4 Å². The molecule has 0 spiro atoms. The lowest BCUT2D eigenvalue weighted by Crippen LogP contribution is -2.41. The molecule has 3 aromatic rings. The second-order valence-electron chi connectivity index (χ2n) is 9.50. The summed E-state index contributed by atoms with van der Waals surface area (Å²) in [6, 6.07) is 9.16. The second kappa shape index (κ2) is 11.8. The smallest absolute Gasteiger partial charge is 0.407 e. The van der Waals surface area contributed by atoms with Crippen LogP contribution in [0.1, 0.15) is 49.2 Å². The van der Waals surface area contributed by atoms with Crippen molar-refractivity contribution in [2.75, 3.05) is 30.9 Å². The largest absolute Gasteiger partial charge is 0.495 e. The Morgan fingerprint density at radius 2 is 1.92 bits per heavy atom. The molecular weight excluding hydrogens is 474 g/mol. The van der Waals surface area contributed by atoms with E-state index in [1.165, 1.54) is 6.20 Å². The molecule has 37 heavy (non-hydrogen) atoms. The van der Waals surface area contributed by atoms with Crippen molar-refractivity contribution in [3.63, 3.8) is 0 Å². The first kappa shape index (κ1) is 27.5. The Labute approximate surface area is 216 Å². The SMILES string of the molecule is CCc1c(CO)cccc1Nc1c(C(N)=O)cnc2cc(OC)c(NCCOC(=O)NC(C)(C)C)cc12. The molecule has 1 heterocycles. The van der Waals surface area contributed by atoms with Crippen LogP contribution >= 0.6 is 0 Å². The van der Waals surface area contributed by atoms with Gasteiger partial charge in [0.2, 0.25) is 0 Å². The summed E-state index contributed by atoms with van der Waals surface area (Å²) in [6.07, 6.45) is 1.61. The van der Waals surface area contributed by atoms with E-state index in [0.717, 1.165) is 16.8 Å². The van der Waals surface area contributed by atoms with E-state index in [0.29, 0.717) is 41.0 Å². The lowest BCUT2D eigenvalue weighted by molar-refractivity contribution is 0.100. The zero-order chi connectivity index (χ0) is 27.2. The number of nitrogens with two attached hydrogens (primary N) is 1. The molecule has 0 saturated carbocycles. The van der Waals surface area contributed by atoms with Gasteiger partial charge in [-0.2, -0.15) is 0 Å². The van der Waals surface area contributed by atoms with Crippen molar-refractivity contribution in [1.82, 2.24) is 10.3 Å². The van der Waals surface area contributed by atoms with Gasteiger partial charge in [-0.15, -0.1) is 0 Å². The fourth-order valence-electron chi connectivity index (χ4n) is 3.97. The van der Waals surface area contributed by atoms with Crippen LogP contribution in [0.15, 0.2) is 36.5 Å². The first-order chi connectivity index (χ1) is 17.6. The molecule has 0 saturated heterocycles. The number of nitrogens with one attached hydrogen (secondary N) is 3. The predicted octanol–water partition coefficient (Wildman–Crippen LogP) is 4.08. The molecule has 10 nitrogen and oxygen atoms in total. The Balaban J connectivity index is 1.97. The van der Waals surface area contributed by atoms with Gasteiger partial charge in [-0.05, 0) is 50.5 Å². The molecule has 0 atom stereocenters. The number of alkyl carbamates (subject to hydrolysis) is 1. The molecule has 2 amide bonds. The Bertz CT molecular complexity index is 1290. The summed E-state index contributed by atoms with van der Waals surface area (Å²) < 4.78 is 10.8. The van der Waals surface area contributed by atoms with Gasteiger partial charge in [0.05, 0.1) is 36.2 Å². The molecule has 0 aliphatic rings. The normalized spacial score (nSPS) is 11.2. The number of hydrogen-bond acceptors (Lipinski definition) is 8. The second-order valence-corrected chi connectivity index (χ2v) is 9.50. The van der Waals surface area contributed by atoms with Crippen LogP contribution in [0.5, 0.6) is 5.75 Å². The number of anilines is 3. The van der Waals surface area contributed by atoms with E-state index in [-0.39, 0.29) is 18.8 Å². The number of pyridine rings is 1. The maximum absolute atomic E-state index is 12.3. The van der Waals surface area contributed by atoms with Crippen molar-refractivity contribution in [2.45, 2.75) is 46.3 Å². The van der Waals surface area contributed by atoms with E-state index in [1.807, 2.05) is 52.0 Å². The molecule has 3 rings (SSSR count). The monoisotopic (exact) mass is 509 g/mol. The van der Waals surface area contributed by atoms with Crippen molar-refractivity contribution in [2.24, 2.45) is 5.73 Å². The van der Waals surface area contributed by atoms with E-state index in [9.17, 15) is 14.7 Å². The van der Waals surface area contributed by atoms with Crippen LogP contribution in [-0.2, 0) is 17.8 Å². The summed E-state index contributed by atoms with van der Waals surface area (Å²) in [7, 11) is 1.55. The fourth-order valence-corrected chi connectivity index (χ4v) is 3.97. The number of benzene rings is 2. The molecule has 0 aliphatic heterocycles. The molecule has 0 bridgehead atoms. The number of carbonyl (C=O) groups excluding carboxylic acids is 2. The van der Waals surface area contributed by atoms with Gasteiger partial charge in [-0.1, -0.05) is 19.1 Å². The van der Waals surface area contributed by atoms with Crippen LogP contribution in [0.4, 0.5) is 21.9 Å². The number of carbonyl (C=O) groups is 2. The minimum atomic E-state index is -0.628. The number of aromatic nitrogens is 1. The maximum Gasteiger partial charge on any atom is 0.407 e. The van der Waals surface area contributed by atoms with Gasteiger partial charge in [-0.3, -0.25) is 9.78 Å². The minimum absolute atomic E-state index is 0.0976. The molecule has 10 heteroatoms. The molecule has 1 aromatic heterocycles. The third-order valence-electron chi connectivity index (χ3n) is 5.64. The first-order valence-electron chi connectivity index (χ1n) is 12.1. The number of ether oxygens (including phenoxy) is 2. The van der Waals surface area contributed by atoms with E-state index >= 15 is 0 Å². The number of rotatable bonds is 10. The Morgan fingerprint density at radius 1 is 1.16 bits per heavy atom. The quantitative estimate of drug-likeness (QED) is 0.257. The van der Waals surface area contributed by atoms with Crippen molar-refractivity contribution >= 4 is 40.0 Å². The van der Waals surface area contributed by atoms with Crippen LogP contribution in [0, 0.1) is 0 Å². The Morgan fingerprint density at radius 3 is 2.54 bits per heavy atom. The highest BCUT2D eigenvalue weighted by molar-refractivity contribution is 6.08. The molecular formula is C27H35N5O5. The van der Waals surface area contributed by atoms with Gasteiger partial charge in [0.15, 0.2) is 0 Å². The molecule has 2 aromatic carbocycles. The number of methoxy groups -OCH3 is 1. The van der Waals surface area contributed by atoms with Crippen molar-refractivity contribution in [3.05, 3.63) is 53.2 Å². The number of nitrogens with zero attached hydrogens (tertiary/aromatic N) is 1. The number of aliphatic hydroxyl groups excluding tert-OH is 1. The fraction of sp³-hybridized carbons (Fsp3) is 0.370. The lowest BCUT2D eigenvalue weighted by atomic mass is 10.0. The molecule has 0 aliphatic carbocycles. The summed E-state index contributed by atoms with van der Waals surface area (Å²) in [6.45, 7) is 7.96. The van der Waals surface area contributed by atoms with Crippen molar-refractivity contribution in [3.8, 4) is 5.75 Å². The standard InChI is InChI=1S/C27H35N5O5/c1-6-17-16(15-33)8-7-9-20(17)31-24-18-12-22(29-10-11-37-26(35)32-27(2,3)4)23(36-5)13-21(18)30-14-19(24)25(28)34/h7-9,12-14,29,33H,6,10-11,15H2,1-5H3,(H2,28,34)(H,30,31)(H,32,35). The summed E-state index contributed by atoms with van der Waals surface area (Å²) in [5.41, 5.74) is 9.72. The Hall–Kier alpha value is -4.05. The average Bonchev–Trinajstić information content (AvgIpc) is 2.84. The number of hydrogen-bond donors (Lipinski definition) is 5. The zero-order valence-electron chi connectivity index (χ0n) is 21.9. The van der Waals surface area contributed by atoms with Gasteiger partial charge in [0, 0.05) is 35.4 Å². The average molecular weight is 510 g/mol. The number of primary amides is 1. The third-order valence-corrected chi connectivity index (χ3v) is 5.64. The van der Waals surface area contributed by atoms with Crippen LogP contribution in [0.25, 0.3) is 10.9 Å². The van der Waals surface area contributed by atoms with Crippen LogP contribution in [0.2, 0.25) is 0 Å². The number of aliphatic hydroxyl groups is 1. The van der Waals surface area contributed by atoms with Gasteiger partial charge < -0.3 is 36.3 Å². The van der Waals surface area contributed by atoms with E-state index in [1.54, 1.807) is 13.2 Å². The topological polar surface area (TPSA) is 148 Å². The van der Waals surface area contributed by atoms with Crippen molar-refractivity contribution < 1.29 is 24.2 Å². The first-order valence-corrected chi connectivity index (χ1v) is 12.1. The minimum Gasteiger partial charge on any atom is -0.495 e. The number of fused-ring (bicyclic) bond motifs is 1. The van der Waals surface area contributed by atoms with Crippen LogP contribution in [0.3, 0.4) is 0 Å². The summed E-state index contributed by atoms with van der Waals surface area (Å²) in [5, 5.41) is 19.7. The zero-order valence-corrected chi connectivity index (χ0v) is 21.9. The summed E-state index contributed by atoms with van der Waals surface area (Å²) >= 11 is 0. The highest BCUT2D eigenvalue weighted by atomic mass is 16.5. The molecule has 0 fully saturated rings. The lowest BCUT2D eigenvalue weighted by Gasteiger charge is -2.20. The van der Waals surface area contributed by atoms with Crippen molar-refractivity contribution in [1.29, 1.82) is 0 Å². The molecule has 0 radical (unpaired) electrons. The highest BCUT2D eigenvalue weighted by Gasteiger charge is 2.18. The van der Waals surface area contributed by atoms with E-state index in [4.69, 9.17) is 15.2 Å². The molecule has 0 unspecified atom stereocenters. The van der Waals surface area contributed by atoms with Crippen LogP contribution in [-0.4, -0.2) is 47.9 Å². The summed E-state index contributed by atoms with van der Waals surface area (Å²) in [5.74, 6) is -0.0923. The van der Waals surface area contributed by atoms with Gasteiger partial charge in [0.25, 0.3) is 5.91 Å².